The minimum absolute atomic E-state index is 0.0686. The maximum atomic E-state index is 11.9. The Morgan fingerprint density at radius 1 is 1.17 bits per heavy atom. The van der Waals surface area contributed by atoms with E-state index in [0.717, 1.165) is 19.6 Å². The molecule has 1 amide bonds. The topological polar surface area (TPSA) is 69.6 Å². The van der Waals surface area contributed by atoms with E-state index in [0.29, 0.717) is 0 Å². The molecule has 18 heavy (non-hydrogen) atoms. The third kappa shape index (κ3) is 4.29. The summed E-state index contributed by atoms with van der Waals surface area (Å²) < 4.78 is 0. The van der Waals surface area contributed by atoms with Gasteiger partial charge in [-0.3, -0.25) is 9.59 Å². The lowest BCUT2D eigenvalue weighted by atomic mass is 9.95. The number of carboxylic acids is 1. The molecular weight excluding hydrogens is 232 g/mol. The van der Waals surface area contributed by atoms with Crippen molar-refractivity contribution < 1.29 is 14.7 Å². The first-order valence-corrected chi connectivity index (χ1v) is 6.67. The van der Waals surface area contributed by atoms with Gasteiger partial charge in [0.25, 0.3) is 0 Å². The Morgan fingerprint density at radius 2 is 1.72 bits per heavy atom. The number of rotatable bonds is 6. The number of hydrogen-bond donors (Lipinski definition) is 2. The van der Waals surface area contributed by atoms with E-state index >= 15 is 0 Å². The fourth-order valence-electron chi connectivity index (χ4n) is 2.21. The summed E-state index contributed by atoms with van der Waals surface area (Å²) in [5.41, 5.74) is 0. The van der Waals surface area contributed by atoms with Crippen molar-refractivity contribution in [2.45, 2.75) is 39.7 Å². The fraction of sp³-hybridized carbons (Fsp3) is 0.846. The second-order valence-corrected chi connectivity index (χ2v) is 5.33. The largest absolute Gasteiger partial charge is 0.481 e. The van der Waals surface area contributed by atoms with Crippen LogP contribution in [0.3, 0.4) is 0 Å². The molecule has 0 bridgehead atoms. The lowest BCUT2D eigenvalue weighted by molar-refractivity contribution is -0.146. The third-order valence-electron chi connectivity index (χ3n) is 3.67. The normalized spacial score (nSPS) is 21.3. The fourth-order valence-corrected chi connectivity index (χ4v) is 2.21. The number of aliphatic carboxylic acids is 1. The Hall–Kier alpha value is -1.10. The summed E-state index contributed by atoms with van der Waals surface area (Å²) in [5.74, 6) is -2.24. The molecule has 5 nitrogen and oxygen atoms in total. The first-order chi connectivity index (χ1) is 8.41. The molecule has 1 fully saturated rings. The molecule has 0 saturated carbocycles. The SMILES string of the molecule is CC(CN1CCCC1)NC(=O)C(C)C(C)C(=O)O. The maximum Gasteiger partial charge on any atom is 0.307 e. The quantitative estimate of drug-likeness (QED) is 0.742. The third-order valence-corrected chi connectivity index (χ3v) is 3.67. The van der Waals surface area contributed by atoms with E-state index in [-0.39, 0.29) is 11.9 Å². The van der Waals surface area contributed by atoms with Crippen molar-refractivity contribution in [3.05, 3.63) is 0 Å². The molecule has 104 valence electrons. The van der Waals surface area contributed by atoms with Gasteiger partial charge < -0.3 is 15.3 Å². The summed E-state index contributed by atoms with van der Waals surface area (Å²) >= 11 is 0. The molecule has 1 aliphatic heterocycles. The highest BCUT2D eigenvalue weighted by Gasteiger charge is 2.27. The van der Waals surface area contributed by atoms with Gasteiger partial charge >= 0.3 is 5.97 Å². The number of hydrogen-bond acceptors (Lipinski definition) is 3. The van der Waals surface area contributed by atoms with Crippen molar-refractivity contribution in [2.24, 2.45) is 11.8 Å². The van der Waals surface area contributed by atoms with Gasteiger partial charge in [-0.2, -0.15) is 0 Å². The van der Waals surface area contributed by atoms with Crippen LogP contribution in [0.15, 0.2) is 0 Å². The number of nitrogens with one attached hydrogen (secondary N) is 1. The number of carboxylic acid groups (broad SMARTS) is 1. The van der Waals surface area contributed by atoms with Crippen molar-refractivity contribution in [3.8, 4) is 0 Å². The van der Waals surface area contributed by atoms with E-state index in [1.54, 1.807) is 13.8 Å². The van der Waals surface area contributed by atoms with Crippen molar-refractivity contribution >= 4 is 11.9 Å². The van der Waals surface area contributed by atoms with Crippen molar-refractivity contribution in [1.29, 1.82) is 0 Å². The predicted octanol–water partition coefficient (Wildman–Crippen LogP) is 0.944. The predicted molar refractivity (Wildman–Crippen MR) is 69.2 cm³/mol. The molecule has 0 aromatic rings. The highest BCUT2D eigenvalue weighted by molar-refractivity contribution is 5.84. The van der Waals surface area contributed by atoms with Crippen LogP contribution in [0.25, 0.3) is 0 Å². The number of nitrogens with zero attached hydrogens (tertiary/aromatic N) is 1. The highest BCUT2D eigenvalue weighted by Crippen LogP contribution is 2.12. The average molecular weight is 256 g/mol. The summed E-state index contributed by atoms with van der Waals surface area (Å²) in [6.45, 7) is 8.24. The van der Waals surface area contributed by atoms with Gasteiger partial charge in [-0.15, -0.1) is 0 Å². The molecule has 0 aromatic carbocycles. The van der Waals surface area contributed by atoms with Gasteiger partial charge in [0.05, 0.1) is 5.92 Å². The summed E-state index contributed by atoms with van der Waals surface area (Å²) in [6, 6.07) is 0.0686. The zero-order valence-corrected chi connectivity index (χ0v) is 11.5. The van der Waals surface area contributed by atoms with Gasteiger partial charge in [0.1, 0.15) is 0 Å². The average Bonchev–Trinajstić information content (AvgIpc) is 2.79. The zero-order chi connectivity index (χ0) is 13.7. The molecule has 0 aromatic heterocycles. The van der Waals surface area contributed by atoms with Crippen molar-refractivity contribution in [2.75, 3.05) is 19.6 Å². The minimum atomic E-state index is -0.926. The first-order valence-electron chi connectivity index (χ1n) is 6.67. The molecular formula is C13H24N2O3. The van der Waals surface area contributed by atoms with Crippen LogP contribution in [0.2, 0.25) is 0 Å². The van der Waals surface area contributed by atoms with Crippen molar-refractivity contribution in [1.82, 2.24) is 10.2 Å². The maximum absolute atomic E-state index is 11.9. The van der Waals surface area contributed by atoms with E-state index in [4.69, 9.17) is 5.11 Å². The molecule has 1 saturated heterocycles. The molecule has 1 rings (SSSR count). The van der Waals surface area contributed by atoms with Crippen LogP contribution < -0.4 is 5.32 Å². The van der Waals surface area contributed by atoms with Crippen LogP contribution in [0.4, 0.5) is 0 Å². The summed E-state index contributed by atoms with van der Waals surface area (Å²) in [6.07, 6.45) is 2.46. The van der Waals surface area contributed by atoms with Gasteiger partial charge in [0, 0.05) is 18.5 Å². The van der Waals surface area contributed by atoms with Crippen LogP contribution in [-0.4, -0.2) is 47.6 Å². The Labute approximate surface area is 109 Å². The molecule has 3 atom stereocenters. The molecule has 0 aliphatic carbocycles. The molecule has 5 heteroatoms. The Balaban J connectivity index is 2.35. The molecule has 1 heterocycles. The number of carbonyl (C=O) groups excluding carboxylic acids is 1. The van der Waals surface area contributed by atoms with Gasteiger partial charge in [-0.05, 0) is 32.9 Å². The first kappa shape index (κ1) is 15.0. The molecule has 1 aliphatic rings. The van der Waals surface area contributed by atoms with E-state index in [1.165, 1.54) is 12.8 Å². The monoisotopic (exact) mass is 256 g/mol. The highest BCUT2D eigenvalue weighted by atomic mass is 16.4. The minimum Gasteiger partial charge on any atom is -0.481 e. The van der Waals surface area contributed by atoms with E-state index < -0.39 is 17.8 Å². The Bertz CT molecular complexity index is 301. The van der Waals surface area contributed by atoms with Gasteiger partial charge in [0.15, 0.2) is 0 Å². The van der Waals surface area contributed by atoms with Crippen molar-refractivity contribution in [3.63, 3.8) is 0 Å². The second-order valence-electron chi connectivity index (χ2n) is 5.33. The summed E-state index contributed by atoms with van der Waals surface area (Å²) in [4.78, 5) is 25.0. The summed E-state index contributed by atoms with van der Waals surface area (Å²) in [5, 5.41) is 11.8. The van der Waals surface area contributed by atoms with Crippen LogP contribution in [0, 0.1) is 11.8 Å². The summed E-state index contributed by atoms with van der Waals surface area (Å²) in [7, 11) is 0. The van der Waals surface area contributed by atoms with Gasteiger partial charge in [-0.1, -0.05) is 13.8 Å². The number of carbonyl (C=O) groups is 2. The standard InChI is InChI=1S/C13H24N2O3/c1-9(8-15-6-4-5-7-15)14-12(16)10(2)11(3)13(17)18/h9-11H,4-8H2,1-3H3,(H,14,16)(H,17,18). The Kier molecular flexibility index (Phi) is 5.59. The molecule has 0 radical (unpaired) electrons. The zero-order valence-electron chi connectivity index (χ0n) is 11.5. The van der Waals surface area contributed by atoms with E-state index in [9.17, 15) is 9.59 Å². The number of amides is 1. The van der Waals surface area contributed by atoms with Crippen LogP contribution >= 0.6 is 0 Å². The second kappa shape index (κ2) is 6.73. The molecule has 2 N–H and O–H groups in total. The van der Waals surface area contributed by atoms with E-state index in [2.05, 4.69) is 10.2 Å². The number of likely N-dealkylation sites (tertiary alicyclic amines) is 1. The lowest BCUT2D eigenvalue weighted by Crippen LogP contribution is -2.44. The molecule has 3 unspecified atom stereocenters. The Morgan fingerprint density at radius 3 is 2.22 bits per heavy atom. The van der Waals surface area contributed by atoms with Crippen LogP contribution in [-0.2, 0) is 9.59 Å². The molecule has 0 spiro atoms. The smallest absolute Gasteiger partial charge is 0.307 e. The van der Waals surface area contributed by atoms with E-state index in [1.807, 2.05) is 6.92 Å². The van der Waals surface area contributed by atoms with Gasteiger partial charge in [-0.25, -0.2) is 0 Å². The lowest BCUT2D eigenvalue weighted by Gasteiger charge is -2.23. The van der Waals surface area contributed by atoms with Crippen LogP contribution in [0.1, 0.15) is 33.6 Å². The van der Waals surface area contributed by atoms with Gasteiger partial charge in [0.2, 0.25) is 5.91 Å². The van der Waals surface area contributed by atoms with Crippen LogP contribution in [0.5, 0.6) is 0 Å².